The Morgan fingerprint density at radius 2 is 2.05 bits per heavy atom. The number of hydrogen-bond donors (Lipinski definition) is 2. The van der Waals surface area contributed by atoms with Crippen LogP contribution in [0.15, 0.2) is 30.5 Å². The van der Waals surface area contributed by atoms with Gasteiger partial charge in [0.25, 0.3) is 5.91 Å². The van der Waals surface area contributed by atoms with Crippen molar-refractivity contribution in [3.63, 3.8) is 0 Å². The van der Waals surface area contributed by atoms with Gasteiger partial charge in [0.2, 0.25) is 0 Å². The third-order valence-electron chi connectivity index (χ3n) is 2.51. The number of halogens is 2. The van der Waals surface area contributed by atoms with Crippen molar-refractivity contribution in [3.8, 4) is 0 Å². The van der Waals surface area contributed by atoms with Crippen LogP contribution < -0.4 is 11.1 Å². The minimum atomic E-state index is -0.346. The fourth-order valence-corrected chi connectivity index (χ4v) is 1.85. The first kappa shape index (κ1) is 13.6. The molecule has 0 unspecified atom stereocenters. The molecular formula is C13H11Cl2N3O. The van der Waals surface area contributed by atoms with Crippen LogP contribution in [-0.2, 0) is 0 Å². The van der Waals surface area contributed by atoms with Gasteiger partial charge in [0.1, 0.15) is 5.15 Å². The van der Waals surface area contributed by atoms with E-state index in [4.69, 9.17) is 28.9 Å². The van der Waals surface area contributed by atoms with Crippen LogP contribution in [0.3, 0.4) is 0 Å². The first-order valence-corrected chi connectivity index (χ1v) is 6.21. The third kappa shape index (κ3) is 3.16. The van der Waals surface area contributed by atoms with Gasteiger partial charge < -0.3 is 11.1 Å². The van der Waals surface area contributed by atoms with E-state index in [9.17, 15) is 4.79 Å². The van der Waals surface area contributed by atoms with E-state index in [2.05, 4.69) is 10.3 Å². The van der Waals surface area contributed by atoms with Gasteiger partial charge in [-0.05, 0) is 36.8 Å². The van der Waals surface area contributed by atoms with Gasteiger partial charge in [-0.3, -0.25) is 4.79 Å². The highest BCUT2D eigenvalue weighted by atomic mass is 35.5. The smallest absolute Gasteiger partial charge is 0.257 e. The SMILES string of the molecule is Cc1cc(NC(=O)c2cc(N)ccc2Cl)cnc1Cl. The average molecular weight is 296 g/mol. The number of benzene rings is 1. The molecule has 0 radical (unpaired) electrons. The zero-order valence-corrected chi connectivity index (χ0v) is 11.6. The summed E-state index contributed by atoms with van der Waals surface area (Å²) in [5.74, 6) is -0.346. The molecule has 4 nitrogen and oxygen atoms in total. The second-order valence-corrected chi connectivity index (χ2v) is 4.79. The van der Waals surface area contributed by atoms with Gasteiger partial charge in [-0.25, -0.2) is 4.98 Å². The van der Waals surface area contributed by atoms with Crippen molar-refractivity contribution in [2.45, 2.75) is 6.92 Å². The van der Waals surface area contributed by atoms with Gasteiger partial charge in [0.05, 0.1) is 22.5 Å². The molecule has 98 valence electrons. The number of hydrogen-bond acceptors (Lipinski definition) is 3. The Bertz CT molecular complexity index is 644. The van der Waals surface area contributed by atoms with Crippen LogP contribution in [0.5, 0.6) is 0 Å². The normalized spacial score (nSPS) is 10.3. The molecule has 0 spiro atoms. The van der Waals surface area contributed by atoms with Crippen molar-refractivity contribution in [1.29, 1.82) is 0 Å². The number of aryl methyl sites for hydroxylation is 1. The van der Waals surface area contributed by atoms with Crippen LogP contribution >= 0.6 is 23.2 Å². The number of nitrogens with one attached hydrogen (secondary N) is 1. The molecule has 1 amide bonds. The maximum atomic E-state index is 12.1. The monoisotopic (exact) mass is 295 g/mol. The zero-order valence-electron chi connectivity index (χ0n) is 10.1. The number of nitrogen functional groups attached to an aromatic ring is 1. The second kappa shape index (κ2) is 5.47. The topological polar surface area (TPSA) is 68.0 Å². The zero-order chi connectivity index (χ0) is 14.0. The molecule has 3 N–H and O–H groups in total. The molecule has 1 aromatic heterocycles. The molecule has 0 fully saturated rings. The molecule has 0 aliphatic heterocycles. The van der Waals surface area contributed by atoms with Crippen molar-refractivity contribution in [3.05, 3.63) is 51.8 Å². The van der Waals surface area contributed by atoms with Gasteiger partial charge >= 0.3 is 0 Å². The predicted octanol–water partition coefficient (Wildman–Crippen LogP) is 3.53. The first-order valence-electron chi connectivity index (χ1n) is 5.46. The van der Waals surface area contributed by atoms with Crippen molar-refractivity contribution in [2.75, 3.05) is 11.1 Å². The maximum Gasteiger partial charge on any atom is 0.257 e. The lowest BCUT2D eigenvalue weighted by atomic mass is 10.2. The van der Waals surface area contributed by atoms with E-state index < -0.39 is 0 Å². The quantitative estimate of drug-likeness (QED) is 0.658. The number of pyridine rings is 1. The van der Waals surface area contributed by atoms with Crippen molar-refractivity contribution >= 4 is 40.5 Å². The van der Waals surface area contributed by atoms with Crippen LogP contribution in [0.2, 0.25) is 10.2 Å². The summed E-state index contributed by atoms with van der Waals surface area (Å²) in [6.45, 7) is 1.80. The summed E-state index contributed by atoms with van der Waals surface area (Å²) in [7, 11) is 0. The number of carbonyl (C=O) groups is 1. The lowest BCUT2D eigenvalue weighted by molar-refractivity contribution is 0.102. The summed E-state index contributed by atoms with van der Waals surface area (Å²) in [6.07, 6.45) is 1.48. The minimum Gasteiger partial charge on any atom is -0.399 e. The van der Waals surface area contributed by atoms with Gasteiger partial charge in [-0.15, -0.1) is 0 Å². The Kier molecular flexibility index (Phi) is 3.93. The second-order valence-electron chi connectivity index (χ2n) is 4.03. The summed E-state index contributed by atoms with van der Waals surface area (Å²) >= 11 is 11.8. The Hall–Kier alpha value is -1.78. The molecule has 6 heteroatoms. The average Bonchev–Trinajstić information content (AvgIpc) is 2.36. The minimum absolute atomic E-state index is 0.314. The van der Waals surface area contributed by atoms with E-state index in [1.54, 1.807) is 25.1 Å². The van der Waals surface area contributed by atoms with Crippen LogP contribution in [0.1, 0.15) is 15.9 Å². The van der Waals surface area contributed by atoms with Crippen molar-refractivity contribution in [1.82, 2.24) is 4.98 Å². The number of aromatic nitrogens is 1. The van der Waals surface area contributed by atoms with Crippen LogP contribution in [0.4, 0.5) is 11.4 Å². The number of nitrogens with zero attached hydrogens (tertiary/aromatic N) is 1. The highest BCUT2D eigenvalue weighted by molar-refractivity contribution is 6.34. The Labute approximate surface area is 120 Å². The van der Waals surface area contributed by atoms with E-state index in [1.807, 2.05) is 0 Å². The molecule has 2 rings (SSSR count). The summed E-state index contributed by atoms with van der Waals surface area (Å²) in [6, 6.07) is 6.46. The van der Waals surface area contributed by atoms with E-state index in [1.165, 1.54) is 12.3 Å². The third-order valence-corrected chi connectivity index (χ3v) is 3.23. The summed E-state index contributed by atoms with van der Waals surface area (Å²) in [5.41, 5.74) is 7.74. The molecule has 1 heterocycles. The highest BCUT2D eigenvalue weighted by Gasteiger charge is 2.11. The molecule has 0 saturated carbocycles. The van der Waals surface area contributed by atoms with Gasteiger partial charge in [0.15, 0.2) is 0 Å². The fourth-order valence-electron chi connectivity index (χ4n) is 1.54. The molecule has 19 heavy (non-hydrogen) atoms. The summed E-state index contributed by atoms with van der Waals surface area (Å²) < 4.78 is 0. The fraction of sp³-hybridized carbons (Fsp3) is 0.0769. The van der Waals surface area contributed by atoms with Crippen LogP contribution in [0.25, 0.3) is 0 Å². The molecule has 0 aliphatic rings. The molecule has 0 atom stereocenters. The molecule has 0 aliphatic carbocycles. The number of amides is 1. The van der Waals surface area contributed by atoms with Crippen molar-refractivity contribution < 1.29 is 4.79 Å². The molecule has 0 saturated heterocycles. The summed E-state index contributed by atoms with van der Waals surface area (Å²) in [5, 5.41) is 3.44. The molecule has 1 aromatic carbocycles. The predicted molar refractivity (Wildman–Crippen MR) is 77.8 cm³/mol. The molecular weight excluding hydrogens is 285 g/mol. The van der Waals surface area contributed by atoms with Crippen LogP contribution in [0, 0.1) is 6.92 Å². The van der Waals surface area contributed by atoms with E-state index in [0.29, 0.717) is 27.1 Å². The molecule has 0 bridgehead atoms. The highest BCUT2D eigenvalue weighted by Crippen LogP contribution is 2.21. The Morgan fingerprint density at radius 3 is 2.74 bits per heavy atom. The number of nitrogens with two attached hydrogens (primary N) is 1. The largest absolute Gasteiger partial charge is 0.399 e. The maximum absolute atomic E-state index is 12.1. The number of rotatable bonds is 2. The number of carbonyl (C=O) groups excluding carboxylic acids is 1. The van der Waals surface area contributed by atoms with E-state index in [0.717, 1.165) is 5.56 Å². The Morgan fingerprint density at radius 1 is 1.32 bits per heavy atom. The van der Waals surface area contributed by atoms with E-state index in [-0.39, 0.29) is 5.91 Å². The lowest BCUT2D eigenvalue weighted by Gasteiger charge is -2.08. The lowest BCUT2D eigenvalue weighted by Crippen LogP contribution is -2.13. The number of anilines is 2. The molecule has 2 aromatic rings. The summed E-state index contributed by atoms with van der Waals surface area (Å²) in [4.78, 5) is 16.0. The van der Waals surface area contributed by atoms with E-state index >= 15 is 0 Å². The van der Waals surface area contributed by atoms with Gasteiger partial charge in [0, 0.05) is 5.69 Å². The Balaban J connectivity index is 2.25. The van der Waals surface area contributed by atoms with Crippen LogP contribution in [-0.4, -0.2) is 10.9 Å². The van der Waals surface area contributed by atoms with Crippen molar-refractivity contribution in [2.24, 2.45) is 0 Å². The van der Waals surface area contributed by atoms with Gasteiger partial charge in [-0.2, -0.15) is 0 Å². The van der Waals surface area contributed by atoms with Gasteiger partial charge in [-0.1, -0.05) is 23.2 Å². The first-order chi connectivity index (χ1) is 8.97. The standard InChI is InChI=1S/C13H11Cl2N3O/c1-7-4-9(6-17-12(7)15)18-13(19)10-5-8(16)2-3-11(10)14/h2-6H,16H2,1H3,(H,18,19).